The van der Waals surface area contributed by atoms with Gasteiger partial charge in [-0.05, 0) is 6.42 Å². The zero-order valence-electron chi connectivity index (χ0n) is 19.4. The quantitative estimate of drug-likeness (QED) is 0.168. The molecule has 0 aromatic heterocycles. The molecule has 31 heavy (non-hydrogen) atoms. The third-order valence-corrected chi connectivity index (χ3v) is 6.12. The summed E-state index contributed by atoms with van der Waals surface area (Å²) in [6.45, 7) is 2.05. The summed E-state index contributed by atoms with van der Waals surface area (Å²) in [5.41, 5.74) is 0. The van der Waals surface area contributed by atoms with Crippen LogP contribution in [0.25, 0.3) is 0 Å². The van der Waals surface area contributed by atoms with Crippen LogP contribution in [-0.2, 0) is 14.3 Å². The fourth-order valence-corrected chi connectivity index (χ4v) is 3.91. The third kappa shape index (κ3) is 12.2. The summed E-state index contributed by atoms with van der Waals surface area (Å²) < 4.78 is 10.7. The van der Waals surface area contributed by atoms with Crippen LogP contribution < -0.4 is 0 Å². The van der Waals surface area contributed by atoms with Gasteiger partial charge in [0.1, 0.15) is 18.3 Å². The molecule has 7 heteroatoms. The molecule has 1 saturated heterocycles. The first-order valence-electron chi connectivity index (χ1n) is 12.5. The number of carbonyl (C=O) groups is 1. The number of ether oxygens (including phenoxy) is 2. The topological polar surface area (TPSA) is 116 Å². The maximum atomic E-state index is 12.2. The molecule has 0 radical (unpaired) electrons. The monoisotopic (exact) mass is 446 g/mol. The molecule has 0 aromatic carbocycles. The number of hydrogen-bond donors (Lipinski definition) is 4. The molecule has 0 bridgehead atoms. The van der Waals surface area contributed by atoms with E-state index in [9.17, 15) is 20.1 Å². The summed E-state index contributed by atoms with van der Waals surface area (Å²) in [5, 5.41) is 38.7. The zero-order chi connectivity index (χ0) is 22.9. The molecule has 0 aromatic rings. The Bertz CT molecular complexity index is 442. The molecule has 0 saturated carbocycles. The predicted octanol–water partition coefficient (Wildman–Crippen LogP) is 3.24. The van der Waals surface area contributed by atoms with Gasteiger partial charge < -0.3 is 29.9 Å². The SMILES string of the molecule is CCCCCCCCCCCCCCCC(=O)O[C@@H](C1CCO1)[C@@H](O)[C@H](O)[C@H](O)CO. The second-order valence-electron chi connectivity index (χ2n) is 8.88. The fraction of sp³-hybridized carbons (Fsp3) is 0.958. The molecule has 1 unspecified atom stereocenters. The van der Waals surface area contributed by atoms with Crippen LogP contribution in [0.15, 0.2) is 0 Å². The minimum Gasteiger partial charge on any atom is -0.457 e. The molecule has 1 rings (SSSR count). The van der Waals surface area contributed by atoms with Crippen LogP contribution in [0.2, 0.25) is 0 Å². The van der Waals surface area contributed by atoms with E-state index in [2.05, 4.69) is 6.92 Å². The Balaban J connectivity index is 2.10. The summed E-state index contributed by atoms with van der Waals surface area (Å²) >= 11 is 0. The first kappa shape index (κ1) is 28.3. The second kappa shape index (κ2) is 17.8. The van der Waals surface area contributed by atoms with Crippen molar-refractivity contribution in [1.29, 1.82) is 0 Å². The van der Waals surface area contributed by atoms with Gasteiger partial charge in [-0.1, -0.05) is 84.0 Å². The standard InChI is InChI=1S/C24H46O7/c1-2-3-4-5-6-7-8-9-10-11-12-13-14-15-21(27)31-24(20-16-17-30-20)23(29)22(28)19(26)18-25/h19-20,22-26,28-29H,2-18H2,1H3/t19-,20?,22-,23+,24+/m1/s1. The fourth-order valence-electron chi connectivity index (χ4n) is 3.91. The second-order valence-corrected chi connectivity index (χ2v) is 8.88. The van der Waals surface area contributed by atoms with Crippen molar-refractivity contribution in [3.05, 3.63) is 0 Å². The van der Waals surface area contributed by atoms with Gasteiger partial charge in [-0.3, -0.25) is 4.79 Å². The Morgan fingerprint density at radius 3 is 1.77 bits per heavy atom. The molecule has 4 N–H and O–H groups in total. The van der Waals surface area contributed by atoms with Gasteiger partial charge in [0.05, 0.1) is 12.7 Å². The van der Waals surface area contributed by atoms with Gasteiger partial charge in [-0.25, -0.2) is 0 Å². The molecule has 0 amide bonds. The highest BCUT2D eigenvalue weighted by atomic mass is 16.6. The molecule has 1 aliphatic rings. The molecule has 1 fully saturated rings. The lowest BCUT2D eigenvalue weighted by atomic mass is 9.95. The van der Waals surface area contributed by atoms with Crippen LogP contribution in [-0.4, -0.2) is 70.1 Å². The van der Waals surface area contributed by atoms with E-state index in [1.165, 1.54) is 64.2 Å². The predicted molar refractivity (Wildman–Crippen MR) is 120 cm³/mol. The van der Waals surface area contributed by atoms with Crippen LogP contribution in [0.4, 0.5) is 0 Å². The molecule has 7 nitrogen and oxygen atoms in total. The average molecular weight is 447 g/mol. The number of esters is 1. The Morgan fingerprint density at radius 2 is 1.35 bits per heavy atom. The third-order valence-electron chi connectivity index (χ3n) is 6.12. The van der Waals surface area contributed by atoms with Crippen LogP contribution in [0.3, 0.4) is 0 Å². The van der Waals surface area contributed by atoms with E-state index in [1.807, 2.05) is 0 Å². The highest BCUT2D eigenvalue weighted by molar-refractivity contribution is 5.69. The molecule has 0 spiro atoms. The van der Waals surface area contributed by atoms with Gasteiger partial charge in [0.15, 0.2) is 6.10 Å². The number of rotatable bonds is 20. The van der Waals surface area contributed by atoms with E-state index in [4.69, 9.17) is 14.6 Å². The molecule has 5 atom stereocenters. The number of carbonyl (C=O) groups excluding carboxylic acids is 1. The van der Waals surface area contributed by atoms with Crippen molar-refractivity contribution in [3.8, 4) is 0 Å². The molecular weight excluding hydrogens is 400 g/mol. The van der Waals surface area contributed by atoms with Gasteiger partial charge >= 0.3 is 5.97 Å². The van der Waals surface area contributed by atoms with Crippen molar-refractivity contribution >= 4 is 5.97 Å². The van der Waals surface area contributed by atoms with E-state index >= 15 is 0 Å². The van der Waals surface area contributed by atoms with Gasteiger partial charge in [0.2, 0.25) is 0 Å². The maximum absolute atomic E-state index is 12.2. The van der Waals surface area contributed by atoms with Crippen molar-refractivity contribution < 1.29 is 34.7 Å². The van der Waals surface area contributed by atoms with Gasteiger partial charge in [-0.2, -0.15) is 0 Å². The minimum absolute atomic E-state index is 0.256. The van der Waals surface area contributed by atoms with E-state index in [-0.39, 0.29) is 6.42 Å². The smallest absolute Gasteiger partial charge is 0.306 e. The van der Waals surface area contributed by atoms with Gasteiger partial charge in [0.25, 0.3) is 0 Å². The lowest BCUT2D eigenvalue weighted by molar-refractivity contribution is -0.205. The van der Waals surface area contributed by atoms with Gasteiger partial charge in [-0.15, -0.1) is 0 Å². The van der Waals surface area contributed by atoms with Crippen LogP contribution in [0, 0.1) is 0 Å². The van der Waals surface area contributed by atoms with E-state index in [1.54, 1.807) is 0 Å². The van der Waals surface area contributed by atoms with E-state index in [0.29, 0.717) is 13.0 Å². The highest BCUT2D eigenvalue weighted by Crippen LogP contribution is 2.24. The summed E-state index contributed by atoms with van der Waals surface area (Å²) in [7, 11) is 0. The molecule has 1 aliphatic heterocycles. The summed E-state index contributed by atoms with van der Waals surface area (Å²) in [4.78, 5) is 12.2. The van der Waals surface area contributed by atoms with Crippen molar-refractivity contribution in [1.82, 2.24) is 0 Å². The maximum Gasteiger partial charge on any atom is 0.306 e. The Hall–Kier alpha value is -0.730. The van der Waals surface area contributed by atoms with Crippen LogP contribution in [0.1, 0.15) is 103 Å². The molecule has 1 heterocycles. The number of unbranched alkanes of at least 4 members (excludes halogenated alkanes) is 12. The molecule has 0 aliphatic carbocycles. The number of aliphatic hydroxyl groups excluding tert-OH is 4. The van der Waals surface area contributed by atoms with Crippen molar-refractivity contribution in [3.63, 3.8) is 0 Å². The minimum atomic E-state index is -1.61. The lowest BCUT2D eigenvalue weighted by Crippen LogP contribution is -2.55. The van der Waals surface area contributed by atoms with Crippen molar-refractivity contribution in [2.24, 2.45) is 0 Å². The first-order valence-corrected chi connectivity index (χ1v) is 12.5. The highest BCUT2D eigenvalue weighted by Gasteiger charge is 2.41. The summed E-state index contributed by atoms with van der Waals surface area (Å²) in [6, 6.07) is 0. The molecular formula is C24H46O7. The number of hydrogen-bond acceptors (Lipinski definition) is 7. The zero-order valence-corrected chi connectivity index (χ0v) is 19.4. The first-order chi connectivity index (χ1) is 15.0. The average Bonchev–Trinajstić information content (AvgIpc) is 2.73. The van der Waals surface area contributed by atoms with Crippen LogP contribution >= 0.6 is 0 Å². The van der Waals surface area contributed by atoms with Gasteiger partial charge in [0, 0.05) is 19.4 Å². The Kier molecular flexibility index (Phi) is 16.2. The molecule has 184 valence electrons. The number of aliphatic hydroxyl groups is 4. The Morgan fingerprint density at radius 1 is 0.871 bits per heavy atom. The Labute approximate surface area is 188 Å². The lowest BCUT2D eigenvalue weighted by Gasteiger charge is -2.38. The van der Waals surface area contributed by atoms with Crippen molar-refractivity contribution in [2.45, 2.75) is 134 Å². The summed E-state index contributed by atoms with van der Waals surface area (Å²) in [6.07, 6.45) is 10.7. The normalized spacial score (nSPS) is 20.0. The largest absolute Gasteiger partial charge is 0.457 e. The van der Waals surface area contributed by atoms with E-state index < -0.39 is 43.1 Å². The van der Waals surface area contributed by atoms with Crippen LogP contribution in [0.5, 0.6) is 0 Å². The van der Waals surface area contributed by atoms with E-state index in [0.717, 1.165) is 19.3 Å². The van der Waals surface area contributed by atoms with Crippen molar-refractivity contribution in [2.75, 3.05) is 13.2 Å². The summed E-state index contributed by atoms with van der Waals surface area (Å²) in [5.74, 6) is -0.437.